The summed E-state index contributed by atoms with van der Waals surface area (Å²) in [6.07, 6.45) is 4.79. The predicted molar refractivity (Wildman–Crippen MR) is 129 cm³/mol. The van der Waals surface area contributed by atoms with Crippen molar-refractivity contribution in [3.63, 3.8) is 0 Å². The van der Waals surface area contributed by atoms with Gasteiger partial charge in [0.05, 0.1) is 6.54 Å². The van der Waals surface area contributed by atoms with Gasteiger partial charge in [0.1, 0.15) is 11.5 Å². The lowest BCUT2D eigenvalue weighted by Gasteiger charge is -2.26. The number of carbonyl (C=O) groups excluding carboxylic acids is 1. The monoisotopic (exact) mass is 456 g/mol. The Balaban J connectivity index is 0.00000272. The first kappa shape index (κ1) is 23.1. The number of benzene rings is 2. The summed E-state index contributed by atoms with van der Waals surface area (Å²) >= 11 is 6.03. The molecule has 2 aromatic carbocycles. The number of carbonyl (C=O) groups is 1. The van der Waals surface area contributed by atoms with Gasteiger partial charge in [-0.2, -0.15) is 0 Å². The number of rotatable bonds is 5. The Morgan fingerprint density at radius 2 is 1.84 bits per heavy atom. The Morgan fingerprint density at radius 3 is 2.55 bits per heavy atom. The van der Waals surface area contributed by atoms with Crippen LogP contribution in [0.4, 0.5) is 0 Å². The number of fused-ring (bicyclic) bond motifs is 1. The van der Waals surface area contributed by atoms with Gasteiger partial charge in [-0.1, -0.05) is 48.0 Å². The van der Waals surface area contributed by atoms with Crippen molar-refractivity contribution in [1.82, 2.24) is 9.80 Å². The van der Waals surface area contributed by atoms with Crippen molar-refractivity contribution in [2.75, 3.05) is 20.6 Å². The first-order valence-corrected chi connectivity index (χ1v) is 10.4. The van der Waals surface area contributed by atoms with Crippen molar-refractivity contribution in [3.05, 3.63) is 93.4 Å². The minimum atomic E-state index is 0. The average molecular weight is 457 g/mol. The number of amides is 1. The number of hydrogen-bond acceptors (Lipinski definition) is 3. The number of nitrogens with zero attached hydrogens (tertiary/aromatic N) is 2. The normalized spacial score (nSPS) is 13.4. The molecule has 6 heteroatoms. The predicted octanol–water partition coefficient (Wildman–Crippen LogP) is 5.79. The molecule has 0 atom stereocenters. The maximum absolute atomic E-state index is 13.0. The van der Waals surface area contributed by atoms with Crippen LogP contribution in [0, 0.1) is 0 Å². The molecule has 162 valence electrons. The standard InChI is InChI=1S/C25H25ClN2O2.ClH/c1-27(2)17-23-15-21-16-28(13-12-24(21)30-23)25(29)20-10-8-18(9-11-20)6-7-19-4-3-5-22(26)14-19;/h3-11,14-15H,12-13,16-17H2,1-2H3;1H. The lowest BCUT2D eigenvalue weighted by atomic mass is 10.1. The zero-order valence-electron chi connectivity index (χ0n) is 17.7. The van der Waals surface area contributed by atoms with E-state index < -0.39 is 0 Å². The lowest BCUT2D eigenvalue weighted by Crippen LogP contribution is -2.35. The van der Waals surface area contributed by atoms with Crippen molar-refractivity contribution < 1.29 is 9.21 Å². The van der Waals surface area contributed by atoms with Crippen molar-refractivity contribution in [3.8, 4) is 0 Å². The molecule has 2 heterocycles. The van der Waals surface area contributed by atoms with Crippen molar-refractivity contribution in [2.24, 2.45) is 0 Å². The third-order valence-corrected chi connectivity index (χ3v) is 5.39. The topological polar surface area (TPSA) is 36.7 Å². The quantitative estimate of drug-likeness (QED) is 0.456. The fourth-order valence-corrected chi connectivity index (χ4v) is 3.88. The second-order valence-corrected chi connectivity index (χ2v) is 8.32. The first-order chi connectivity index (χ1) is 14.5. The third-order valence-electron chi connectivity index (χ3n) is 5.15. The van der Waals surface area contributed by atoms with Crippen LogP contribution < -0.4 is 0 Å². The Hall–Kier alpha value is -2.53. The molecule has 1 aliphatic rings. The van der Waals surface area contributed by atoms with Crippen LogP contribution in [0.3, 0.4) is 0 Å². The van der Waals surface area contributed by atoms with Crippen LogP contribution >= 0.6 is 24.0 Å². The molecule has 1 amide bonds. The zero-order valence-corrected chi connectivity index (χ0v) is 19.2. The van der Waals surface area contributed by atoms with E-state index in [1.807, 2.05) is 79.7 Å². The molecule has 3 aromatic rings. The van der Waals surface area contributed by atoms with Gasteiger partial charge in [0.15, 0.2) is 0 Å². The summed E-state index contributed by atoms with van der Waals surface area (Å²) in [5.41, 5.74) is 3.90. The van der Waals surface area contributed by atoms with E-state index in [2.05, 4.69) is 11.0 Å². The highest BCUT2D eigenvalue weighted by Gasteiger charge is 2.25. The van der Waals surface area contributed by atoms with E-state index in [0.29, 0.717) is 23.7 Å². The van der Waals surface area contributed by atoms with E-state index in [1.165, 1.54) is 0 Å². The van der Waals surface area contributed by atoms with Gasteiger partial charge in [-0.25, -0.2) is 0 Å². The largest absolute Gasteiger partial charge is 0.464 e. The van der Waals surface area contributed by atoms with E-state index in [0.717, 1.165) is 41.2 Å². The highest BCUT2D eigenvalue weighted by Crippen LogP contribution is 2.25. The van der Waals surface area contributed by atoms with Gasteiger partial charge < -0.3 is 14.2 Å². The molecule has 0 bridgehead atoms. The highest BCUT2D eigenvalue weighted by molar-refractivity contribution is 6.30. The minimum absolute atomic E-state index is 0. The Kier molecular flexibility index (Phi) is 7.60. The van der Waals surface area contributed by atoms with Gasteiger partial charge in [-0.3, -0.25) is 4.79 Å². The van der Waals surface area contributed by atoms with E-state index in [-0.39, 0.29) is 18.3 Å². The van der Waals surface area contributed by atoms with Gasteiger partial charge >= 0.3 is 0 Å². The molecule has 4 nitrogen and oxygen atoms in total. The van der Waals surface area contributed by atoms with Crippen LogP contribution in [0.25, 0.3) is 12.2 Å². The SMILES string of the molecule is CN(C)Cc1cc2c(o1)CCN(C(=O)c1ccc(C=Cc3cccc(Cl)c3)cc1)C2.Cl. The van der Waals surface area contributed by atoms with Gasteiger partial charge in [0.2, 0.25) is 0 Å². The molecule has 0 saturated heterocycles. The van der Waals surface area contributed by atoms with Crippen LogP contribution in [-0.2, 0) is 19.5 Å². The number of halogens is 2. The van der Waals surface area contributed by atoms with Crippen LogP contribution in [-0.4, -0.2) is 36.3 Å². The zero-order chi connectivity index (χ0) is 21.1. The summed E-state index contributed by atoms with van der Waals surface area (Å²) in [5.74, 6) is 2.02. The maximum atomic E-state index is 13.0. The smallest absolute Gasteiger partial charge is 0.254 e. The summed E-state index contributed by atoms with van der Waals surface area (Å²) < 4.78 is 5.94. The minimum Gasteiger partial charge on any atom is -0.464 e. The van der Waals surface area contributed by atoms with Crippen LogP contribution in [0.5, 0.6) is 0 Å². The van der Waals surface area contributed by atoms with Crippen LogP contribution in [0.1, 0.15) is 38.6 Å². The van der Waals surface area contributed by atoms with Crippen molar-refractivity contribution in [2.45, 2.75) is 19.5 Å². The van der Waals surface area contributed by atoms with Gasteiger partial charge in [0, 0.05) is 35.7 Å². The maximum Gasteiger partial charge on any atom is 0.254 e. The molecule has 0 N–H and O–H groups in total. The number of furan rings is 1. The first-order valence-electron chi connectivity index (χ1n) is 10.1. The molecule has 1 aliphatic heterocycles. The summed E-state index contributed by atoms with van der Waals surface area (Å²) in [7, 11) is 4.04. The Labute approximate surface area is 194 Å². The van der Waals surface area contributed by atoms with Gasteiger partial charge in [0.25, 0.3) is 5.91 Å². The molecule has 0 aliphatic carbocycles. The van der Waals surface area contributed by atoms with Crippen molar-refractivity contribution in [1.29, 1.82) is 0 Å². The molecule has 4 rings (SSSR count). The molecule has 1 aromatic heterocycles. The van der Waals surface area contributed by atoms with Crippen molar-refractivity contribution >= 4 is 42.1 Å². The highest BCUT2D eigenvalue weighted by atomic mass is 35.5. The summed E-state index contributed by atoms with van der Waals surface area (Å²) in [6, 6.07) is 17.5. The summed E-state index contributed by atoms with van der Waals surface area (Å²) in [6.45, 7) is 2.05. The Morgan fingerprint density at radius 1 is 1.10 bits per heavy atom. The second kappa shape index (κ2) is 10.2. The van der Waals surface area contributed by atoms with E-state index in [4.69, 9.17) is 16.0 Å². The lowest BCUT2D eigenvalue weighted by molar-refractivity contribution is 0.0729. The van der Waals surface area contributed by atoms with Gasteiger partial charge in [-0.15, -0.1) is 12.4 Å². The van der Waals surface area contributed by atoms with E-state index in [9.17, 15) is 4.79 Å². The van der Waals surface area contributed by atoms with E-state index in [1.54, 1.807) is 0 Å². The van der Waals surface area contributed by atoms with Crippen LogP contribution in [0.2, 0.25) is 5.02 Å². The van der Waals surface area contributed by atoms with Crippen LogP contribution in [0.15, 0.2) is 59.0 Å². The third kappa shape index (κ3) is 5.79. The Bertz CT molecular complexity index is 1070. The summed E-state index contributed by atoms with van der Waals surface area (Å²) in [4.78, 5) is 17.0. The fourth-order valence-electron chi connectivity index (χ4n) is 3.68. The molecular formula is C25H26Cl2N2O2. The van der Waals surface area contributed by atoms with Gasteiger partial charge in [-0.05, 0) is 55.6 Å². The summed E-state index contributed by atoms with van der Waals surface area (Å²) in [5, 5.41) is 0.717. The molecule has 0 spiro atoms. The molecular weight excluding hydrogens is 431 g/mol. The molecule has 0 fully saturated rings. The van der Waals surface area contributed by atoms with E-state index >= 15 is 0 Å². The molecule has 0 unspecified atom stereocenters. The average Bonchev–Trinajstić information content (AvgIpc) is 3.13. The molecule has 31 heavy (non-hydrogen) atoms. The second-order valence-electron chi connectivity index (χ2n) is 7.89. The molecule has 0 saturated carbocycles. The molecule has 0 radical (unpaired) electrons. The number of hydrogen-bond donors (Lipinski definition) is 0. The fraction of sp³-hybridized carbons (Fsp3) is 0.240.